The summed E-state index contributed by atoms with van der Waals surface area (Å²) in [6, 6.07) is -0.226. The molecule has 4 N–H and O–H groups in total. The summed E-state index contributed by atoms with van der Waals surface area (Å²) in [5.74, 6) is 0. The third-order valence-corrected chi connectivity index (χ3v) is 1.77. The van der Waals surface area contributed by atoms with E-state index >= 15 is 0 Å². The summed E-state index contributed by atoms with van der Waals surface area (Å²) >= 11 is 0. The Morgan fingerprint density at radius 1 is 1.60 bits per heavy atom. The van der Waals surface area contributed by atoms with Gasteiger partial charge in [0.15, 0.2) is 0 Å². The van der Waals surface area contributed by atoms with Gasteiger partial charge in [-0.25, -0.2) is 4.79 Å². The number of primary amides is 1. The first-order valence-electron chi connectivity index (χ1n) is 3.50. The van der Waals surface area contributed by atoms with Gasteiger partial charge in [-0.1, -0.05) is 0 Å². The molecule has 4 heteroatoms. The number of nitrogens with zero attached hydrogens (tertiary/aromatic N) is 1. The van der Waals surface area contributed by atoms with Crippen molar-refractivity contribution in [3.8, 4) is 0 Å². The van der Waals surface area contributed by atoms with Crippen LogP contribution < -0.4 is 11.5 Å². The number of piperidine rings is 1. The van der Waals surface area contributed by atoms with Crippen LogP contribution in [0.25, 0.3) is 0 Å². The molecule has 0 saturated carbocycles. The lowest BCUT2D eigenvalue weighted by molar-refractivity contribution is 0.189. The second-order valence-electron chi connectivity index (χ2n) is 2.69. The highest BCUT2D eigenvalue weighted by molar-refractivity contribution is 5.72. The van der Waals surface area contributed by atoms with E-state index in [2.05, 4.69) is 0 Å². The molecule has 0 radical (unpaired) electrons. The third kappa shape index (κ3) is 1.60. The zero-order chi connectivity index (χ0) is 7.56. The second kappa shape index (κ2) is 2.88. The van der Waals surface area contributed by atoms with Crippen LogP contribution in [0.5, 0.6) is 0 Å². The van der Waals surface area contributed by atoms with Crippen molar-refractivity contribution in [2.45, 2.75) is 18.9 Å². The van der Waals surface area contributed by atoms with E-state index in [4.69, 9.17) is 11.5 Å². The Labute approximate surface area is 60.2 Å². The van der Waals surface area contributed by atoms with Gasteiger partial charge in [0.25, 0.3) is 0 Å². The molecule has 1 heterocycles. The van der Waals surface area contributed by atoms with E-state index in [9.17, 15) is 4.79 Å². The van der Waals surface area contributed by atoms with Gasteiger partial charge in [-0.05, 0) is 12.8 Å². The first kappa shape index (κ1) is 7.34. The number of amides is 2. The van der Waals surface area contributed by atoms with Crippen molar-refractivity contribution in [3.05, 3.63) is 0 Å². The van der Waals surface area contributed by atoms with Crippen molar-refractivity contribution in [2.75, 3.05) is 13.1 Å². The van der Waals surface area contributed by atoms with E-state index in [1.54, 1.807) is 4.90 Å². The van der Waals surface area contributed by atoms with E-state index in [1.165, 1.54) is 0 Å². The standard InChI is InChI=1S/C6H13N3O/c7-5-2-1-3-9(4-5)6(8)10/h5H,1-4,7H2,(H2,8,10)/t5-/m1/s1. The SMILES string of the molecule is NC(=O)N1CCC[C@@H](N)C1. The lowest BCUT2D eigenvalue weighted by Crippen LogP contribution is -2.47. The van der Waals surface area contributed by atoms with Crippen LogP contribution in [-0.2, 0) is 0 Å². The fraction of sp³-hybridized carbons (Fsp3) is 0.833. The Balaban J connectivity index is 2.39. The Bertz CT molecular complexity index is 137. The van der Waals surface area contributed by atoms with Gasteiger partial charge in [-0.2, -0.15) is 0 Å². The van der Waals surface area contributed by atoms with Crippen molar-refractivity contribution in [2.24, 2.45) is 11.5 Å². The summed E-state index contributed by atoms with van der Waals surface area (Å²) in [5.41, 5.74) is 10.7. The molecule has 0 aliphatic carbocycles. The Kier molecular flexibility index (Phi) is 2.11. The average Bonchev–Trinajstić information content (AvgIpc) is 1.88. The molecule has 10 heavy (non-hydrogen) atoms. The maximum Gasteiger partial charge on any atom is 0.314 e. The van der Waals surface area contributed by atoms with E-state index in [-0.39, 0.29) is 12.1 Å². The highest BCUT2D eigenvalue weighted by atomic mass is 16.2. The minimum Gasteiger partial charge on any atom is -0.351 e. The van der Waals surface area contributed by atoms with Crippen LogP contribution in [0.3, 0.4) is 0 Å². The van der Waals surface area contributed by atoms with Crippen LogP contribution in [0.15, 0.2) is 0 Å². The summed E-state index contributed by atoms with van der Waals surface area (Å²) < 4.78 is 0. The minimum atomic E-state index is -0.352. The molecule has 1 atom stereocenters. The fourth-order valence-electron chi connectivity index (χ4n) is 1.21. The molecule has 1 aliphatic heterocycles. The maximum atomic E-state index is 10.6. The summed E-state index contributed by atoms with van der Waals surface area (Å²) in [4.78, 5) is 12.2. The van der Waals surface area contributed by atoms with E-state index in [1.807, 2.05) is 0 Å². The van der Waals surface area contributed by atoms with Crippen molar-refractivity contribution in [1.82, 2.24) is 4.90 Å². The first-order valence-corrected chi connectivity index (χ1v) is 3.50. The van der Waals surface area contributed by atoms with Crippen molar-refractivity contribution in [3.63, 3.8) is 0 Å². The first-order chi connectivity index (χ1) is 4.70. The normalized spacial score (nSPS) is 26.5. The quantitative estimate of drug-likeness (QED) is 0.479. The maximum absolute atomic E-state index is 10.6. The molecule has 1 rings (SSSR count). The van der Waals surface area contributed by atoms with Crippen molar-refractivity contribution in [1.29, 1.82) is 0 Å². The fourth-order valence-corrected chi connectivity index (χ4v) is 1.21. The van der Waals surface area contributed by atoms with Gasteiger partial charge >= 0.3 is 6.03 Å². The van der Waals surface area contributed by atoms with Gasteiger partial charge in [0.1, 0.15) is 0 Å². The predicted octanol–water partition coefficient (Wildman–Crippen LogP) is -0.512. The second-order valence-corrected chi connectivity index (χ2v) is 2.69. The zero-order valence-corrected chi connectivity index (χ0v) is 5.92. The number of hydrogen-bond donors (Lipinski definition) is 2. The largest absolute Gasteiger partial charge is 0.351 e. The Morgan fingerprint density at radius 2 is 2.30 bits per heavy atom. The highest BCUT2D eigenvalue weighted by Crippen LogP contribution is 2.06. The molecule has 0 unspecified atom stereocenters. The predicted molar refractivity (Wildman–Crippen MR) is 38.4 cm³/mol. The molecule has 0 aromatic heterocycles. The molecule has 0 aromatic carbocycles. The summed E-state index contributed by atoms with van der Waals surface area (Å²) in [7, 11) is 0. The monoisotopic (exact) mass is 143 g/mol. The van der Waals surface area contributed by atoms with Crippen LogP contribution in [-0.4, -0.2) is 30.1 Å². The third-order valence-electron chi connectivity index (χ3n) is 1.77. The topological polar surface area (TPSA) is 72.4 Å². The number of carbonyl (C=O) groups is 1. The number of rotatable bonds is 0. The van der Waals surface area contributed by atoms with Crippen LogP contribution in [0, 0.1) is 0 Å². The summed E-state index contributed by atoms with van der Waals surface area (Å²) in [5, 5.41) is 0. The molecule has 0 aromatic rings. The van der Waals surface area contributed by atoms with Crippen LogP contribution in [0.2, 0.25) is 0 Å². The number of likely N-dealkylation sites (tertiary alicyclic amines) is 1. The van der Waals surface area contributed by atoms with Crippen LogP contribution in [0.1, 0.15) is 12.8 Å². The van der Waals surface area contributed by atoms with Crippen molar-refractivity contribution < 1.29 is 4.79 Å². The Morgan fingerprint density at radius 3 is 2.70 bits per heavy atom. The lowest BCUT2D eigenvalue weighted by atomic mass is 10.1. The van der Waals surface area contributed by atoms with Gasteiger partial charge in [0.2, 0.25) is 0 Å². The molecule has 1 fully saturated rings. The molecule has 4 nitrogen and oxygen atoms in total. The van der Waals surface area contributed by atoms with Crippen LogP contribution >= 0.6 is 0 Å². The summed E-state index contributed by atoms with van der Waals surface area (Å²) in [6.07, 6.45) is 1.98. The lowest BCUT2D eigenvalue weighted by Gasteiger charge is -2.28. The minimum absolute atomic E-state index is 0.126. The number of urea groups is 1. The molecular weight excluding hydrogens is 130 g/mol. The van der Waals surface area contributed by atoms with Crippen LogP contribution in [0.4, 0.5) is 4.79 Å². The zero-order valence-electron chi connectivity index (χ0n) is 5.92. The molecular formula is C6H13N3O. The highest BCUT2D eigenvalue weighted by Gasteiger charge is 2.18. The van der Waals surface area contributed by atoms with E-state index in [0.29, 0.717) is 6.54 Å². The van der Waals surface area contributed by atoms with Crippen molar-refractivity contribution >= 4 is 6.03 Å². The molecule has 2 amide bonds. The average molecular weight is 143 g/mol. The van der Waals surface area contributed by atoms with Gasteiger partial charge in [-0.3, -0.25) is 0 Å². The Hall–Kier alpha value is -0.770. The van der Waals surface area contributed by atoms with E-state index in [0.717, 1.165) is 19.4 Å². The van der Waals surface area contributed by atoms with Gasteiger partial charge < -0.3 is 16.4 Å². The molecule has 0 bridgehead atoms. The summed E-state index contributed by atoms with van der Waals surface area (Å²) in [6.45, 7) is 1.39. The van der Waals surface area contributed by atoms with Gasteiger partial charge in [-0.15, -0.1) is 0 Å². The van der Waals surface area contributed by atoms with Gasteiger partial charge in [0.05, 0.1) is 0 Å². The number of nitrogens with two attached hydrogens (primary N) is 2. The number of hydrogen-bond acceptors (Lipinski definition) is 2. The molecule has 1 aliphatic rings. The smallest absolute Gasteiger partial charge is 0.314 e. The van der Waals surface area contributed by atoms with Gasteiger partial charge in [0, 0.05) is 19.1 Å². The molecule has 0 spiro atoms. The molecule has 58 valence electrons. The molecule has 1 saturated heterocycles. The van der Waals surface area contributed by atoms with E-state index < -0.39 is 0 Å². The number of carbonyl (C=O) groups excluding carboxylic acids is 1.